The molecule has 1 aromatic carbocycles. The number of aliphatic hydroxyl groups excluding tert-OH is 1. The fraction of sp³-hybridized carbons (Fsp3) is 0.710. The van der Waals surface area contributed by atoms with Gasteiger partial charge in [0.25, 0.3) is 0 Å². The Kier molecular flexibility index (Phi) is 13.4. The van der Waals surface area contributed by atoms with Crippen molar-refractivity contribution in [2.24, 2.45) is 11.8 Å². The number of carbonyl (C=O) groups excluding carboxylic acids is 1. The molecule has 1 N–H and O–H groups in total. The minimum atomic E-state index is -1.01. The average molecular weight is 535 g/mol. The van der Waals surface area contributed by atoms with Crippen molar-refractivity contribution >= 4 is 5.97 Å². The van der Waals surface area contributed by atoms with Crippen molar-refractivity contribution in [1.82, 2.24) is 0 Å². The van der Waals surface area contributed by atoms with Crippen LogP contribution in [0.4, 0.5) is 0 Å². The van der Waals surface area contributed by atoms with E-state index in [0.717, 1.165) is 29.5 Å². The summed E-state index contributed by atoms with van der Waals surface area (Å²) in [5.74, 6) is 0.0221. The Morgan fingerprint density at radius 2 is 1.79 bits per heavy atom. The Morgan fingerprint density at radius 1 is 1.13 bits per heavy atom. The second kappa shape index (κ2) is 15.7. The van der Waals surface area contributed by atoms with E-state index >= 15 is 0 Å². The number of aliphatic hydroxyl groups is 1. The van der Waals surface area contributed by atoms with Gasteiger partial charge in [-0.3, -0.25) is 0 Å². The predicted octanol–water partition coefficient (Wildman–Crippen LogP) is 5.57. The van der Waals surface area contributed by atoms with Crippen LogP contribution in [0.15, 0.2) is 35.9 Å². The summed E-state index contributed by atoms with van der Waals surface area (Å²) in [6.07, 6.45) is 3.18. The minimum Gasteiger partial charge on any atom is -0.456 e. The van der Waals surface area contributed by atoms with Crippen LogP contribution in [0, 0.1) is 11.8 Å². The molecule has 5 atom stereocenters. The van der Waals surface area contributed by atoms with Crippen LogP contribution >= 0.6 is 0 Å². The van der Waals surface area contributed by atoms with Crippen LogP contribution in [-0.4, -0.2) is 63.3 Å². The first-order valence-corrected chi connectivity index (χ1v) is 13.9. The summed E-state index contributed by atoms with van der Waals surface area (Å²) in [6.45, 7) is 12.6. The van der Waals surface area contributed by atoms with E-state index in [2.05, 4.69) is 46.8 Å². The molecular weight excluding hydrogens is 484 g/mol. The van der Waals surface area contributed by atoms with Crippen LogP contribution in [-0.2, 0) is 40.3 Å². The summed E-state index contributed by atoms with van der Waals surface area (Å²) < 4.78 is 28.4. The highest BCUT2D eigenvalue weighted by molar-refractivity contribution is 5.76. The lowest BCUT2D eigenvalue weighted by Gasteiger charge is -2.35. The summed E-state index contributed by atoms with van der Waals surface area (Å²) >= 11 is 0. The Balaban J connectivity index is 2.57. The number of carbonyl (C=O) groups is 1. The van der Waals surface area contributed by atoms with E-state index in [1.54, 1.807) is 7.11 Å². The summed E-state index contributed by atoms with van der Waals surface area (Å²) in [7, 11) is 3.06. The molecule has 0 radical (unpaired) electrons. The van der Waals surface area contributed by atoms with Gasteiger partial charge in [0.2, 0.25) is 0 Å². The molecule has 0 aromatic heterocycles. The van der Waals surface area contributed by atoms with Gasteiger partial charge in [-0.15, -0.1) is 0 Å². The van der Waals surface area contributed by atoms with Gasteiger partial charge >= 0.3 is 5.97 Å². The highest BCUT2D eigenvalue weighted by Gasteiger charge is 2.37. The molecule has 1 aliphatic heterocycles. The maximum Gasteiger partial charge on any atom is 0.338 e. The predicted molar refractivity (Wildman–Crippen MR) is 149 cm³/mol. The molecule has 0 saturated heterocycles. The molecule has 0 saturated carbocycles. The van der Waals surface area contributed by atoms with Gasteiger partial charge < -0.3 is 28.8 Å². The van der Waals surface area contributed by atoms with Crippen molar-refractivity contribution in [2.45, 2.75) is 103 Å². The van der Waals surface area contributed by atoms with Gasteiger partial charge in [-0.1, -0.05) is 65.0 Å². The van der Waals surface area contributed by atoms with Gasteiger partial charge in [0.05, 0.1) is 6.10 Å². The summed E-state index contributed by atoms with van der Waals surface area (Å²) in [4.78, 5) is 13.7. The lowest BCUT2D eigenvalue weighted by Crippen LogP contribution is -2.44. The SMILES string of the molecule is CCC(/C=C(/C)[C@@H]1C[C@@H](C)C[C@H](O)C(C)(C)c2cccc(c2)C[C@@H](OCOC)[C@H](OCOC)C(=O)O1)CC. The third kappa shape index (κ3) is 9.16. The number of methoxy groups -OCH3 is 2. The summed E-state index contributed by atoms with van der Waals surface area (Å²) in [5, 5.41) is 11.3. The number of esters is 1. The van der Waals surface area contributed by atoms with E-state index < -0.39 is 35.8 Å². The van der Waals surface area contributed by atoms with Gasteiger partial charge in [0.15, 0.2) is 6.10 Å². The number of hydrogen-bond acceptors (Lipinski definition) is 7. The van der Waals surface area contributed by atoms with Gasteiger partial charge in [0.1, 0.15) is 25.8 Å². The molecule has 7 nitrogen and oxygen atoms in total. The molecule has 0 amide bonds. The van der Waals surface area contributed by atoms with Crippen LogP contribution < -0.4 is 0 Å². The fourth-order valence-corrected chi connectivity index (χ4v) is 5.08. The molecule has 0 spiro atoms. The number of benzene rings is 1. The third-order valence-electron chi connectivity index (χ3n) is 7.83. The molecule has 1 aromatic rings. The lowest BCUT2D eigenvalue weighted by atomic mass is 9.75. The first-order valence-electron chi connectivity index (χ1n) is 13.9. The van der Waals surface area contributed by atoms with Crippen LogP contribution in [0.25, 0.3) is 0 Å². The van der Waals surface area contributed by atoms with Crippen molar-refractivity contribution in [3.05, 3.63) is 47.0 Å². The topological polar surface area (TPSA) is 83.5 Å². The fourth-order valence-electron chi connectivity index (χ4n) is 5.08. The highest BCUT2D eigenvalue weighted by atomic mass is 16.7. The van der Waals surface area contributed by atoms with E-state index in [9.17, 15) is 9.90 Å². The molecular formula is C31H50O7. The largest absolute Gasteiger partial charge is 0.456 e. The van der Waals surface area contributed by atoms with Crippen molar-refractivity contribution in [1.29, 1.82) is 0 Å². The monoisotopic (exact) mass is 534 g/mol. The Labute approximate surface area is 229 Å². The molecule has 2 rings (SSSR count). The number of fused-ring (bicyclic) bond motifs is 2. The van der Waals surface area contributed by atoms with Crippen molar-refractivity contribution < 1.29 is 33.6 Å². The van der Waals surface area contributed by atoms with Gasteiger partial charge in [0, 0.05) is 26.1 Å². The Hall–Kier alpha value is -1.77. The third-order valence-corrected chi connectivity index (χ3v) is 7.83. The van der Waals surface area contributed by atoms with Gasteiger partial charge in [-0.05, 0) is 61.1 Å². The molecule has 216 valence electrons. The Morgan fingerprint density at radius 3 is 2.42 bits per heavy atom. The highest BCUT2D eigenvalue weighted by Crippen LogP contribution is 2.34. The maximum atomic E-state index is 13.7. The van der Waals surface area contributed by atoms with Crippen LogP contribution in [0.1, 0.15) is 78.4 Å². The molecule has 1 heterocycles. The molecule has 0 unspecified atom stereocenters. The lowest BCUT2D eigenvalue weighted by molar-refractivity contribution is -0.192. The van der Waals surface area contributed by atoms with Gasteiger partial charge in [-0.2, -0.15) is 0 Å². The van der Waals surface area contributed by atoms with E-state index in [4.69, 9.17) is 23.7 Å². The quantitative estimate of drug-likeness (QED) is 0.239. The second-order valence-electron chi connectivity index (χ2n) is 11.2. The van der Waals surface area contributed by atoms with Crippen molar-refractivity contribution in [2.75, 3.05) is 27.8 Å². The molecule has 1 aliphatic rings. The molecule has 38 heavy (non-hydrogen) atoms. The zero-order valence-corrected chi connectivity index (χ0v) is 24.7. The smallest absolute Gasteiger partial charge is 0.338 e. The van der Waals surface area contributed by atoms with Crippen LogP contribution in [0.2, 0.25) is 0 Å². The standard InChI is InChI=1S/C31H50O7/c1-9-23(10-2)16-22(4)26-14-21(3)15-28(32)31(5,6)25-13-11-12-24(17-25)18-27(36-19-34-7)29(30(33)38-26)37-20-35-8/h11-13,16-17,21,23,26-29,32H,9-10,14-15,18-20H2,1-8H3/b22-16-/t21-,26+,27-,28+,29+/m1/s1. The summed E-state index contributed by atoms with van der Waals surface area (Å²) in [6, 6.07) is 8.10. The molecule has 7 heteroatoms. The average Bonchev–Trinajstić information content (AvgIpc) is 2.89. The molecule has 0 fully saturated rings. The van der Waals surface area contributed by atoms with Crippen molar-refractivity contribution in [3.63, 3.8) is 0 Å². The number of cyclic esters (lactones) is 1. The molecule has 0 aliphatic carbocycles. The van der Waals surface area contributed by atoms with E-state index in [-0.39, 0.29) is 19.5 Å². The maximum absolute atomic E-state index is 13.7. The Bertz CT molecular complexity index is 877. The first kappa shape index (κ1) is 32.4. The zero-order chi connectivity index (χ0) is 28.3. The van der Waals surface area contributed by atoms with Crippen LogP contribution in [0.5, 0.6) is 0 Å². The van der Waals surface area contributed by atoms with Crippen LogP contribution in [0.3, 0.4) is 0 Å². The first-order chi connectivity index (χ1) is 18.1. The number of rotatable bonds is 10. The molecule has 2 bridgehead atoms. The summed E-state index contributed by atoms with van der Waals surface area (Å²) in [5.41, 5.74) is 2.56. The van der Waals surface area contributed by atoms with Crippen molar-refractivity contribution in [3.8, 4) is 0 Å². The number of allylic oxidation sites excluding steroid dienone is 1. The minimum absolute atomic E-state index is 0.00274. The number of hydrogen-bond donors (Lipinski definition) is 1. The second-order valence-corrected chi connectivity index (χ2v) is 11.2. The van der Waals surface area contributed by atoms with Gasteiger partial charge in [-0.25, -0.2) is 4.79 Å². The normalized spacial score (nSPS) is 27.2. The zero-order valence-electron chi connectivity index (χ0n) is 24.7. The van der Waals surface area contributed by atoms with E-state index in [1.165, 1.54) is 7.11 Å². The van der Waals surface area contributed by atoms with E-state index in [1.807, 2.05) is 25.1 Å². The van der Waals surface area contributed by atoms with E-state index in [0.29, 0.717) is 25.2 Å². The number of ether oxygens (including phenoxy) is 5.